The molecule has 2 N–H and O–H groups in total. The first-order valence-corrected chi connectivity index (χ1v) is 9.69. The Kier molecular flexibility index (Phi) is 4.00. The van der Waals surface area contributed by atoms with E-state index in [9.17, 15) is 13.2 Å². The lowest BCUT2D eigenvalue weighted by atomic mass is 10.2. The molecule has 2 atom stereocenters. The van der Waals surface area contributed by atoms with Crippen LogP contribution < -0.4 is 10.6 Å². The van der Waals surface area contributed by atoms with Crippen molar-refractivity contribution < 1.29 is 13.2 Å². The second-order valence-electron chi connectivity index (χ2n) is 5.21. The summed E-state index contributed by atoms with van der Waals surface area (Å²) >= 11 is 7.51. The molecule has 3 rings (SSSR count). The highest BCUT2D eigenvalue weighted by Gasteiger charge is 2.37. The first-order chi connectivity index (χ1) is 10.3. The van der Waals surface area contributed by atoms with Gasteiger partial charge in [-0.1, -0.05) is 0 Å². The van der Waals surface area contributed by atoms with Crippen LogP contribution in [0.5, 0.6) is 0 Å². The van der Waals surface area contributed by atoms with Crippen LogP contribution in [0.25, 0.3) is 10.2 Å². The van der Waals surface area contributed by atoms with Crippen LogP contribution in [0, 0.1) is 6.92 Å². The quantitative estimate of drug-likeness (QED) is 0.804. The molecular weight excluding hydrogens is 346 g/mol. The number of carbonyl (C=O) groups excluding carboxylic acids is 1. The van der Waals surface area contributed by atoms with E-state index >= 15 is 0 Å². The van der Waals surface area contributed by atoms with E-state index in [1.165, 1.54) is 0 Å². The van der Waals surface area contributed by atoms with Gasteiger partial charge in [-0.15, -0.1) is 22.9 Å². The van der Waals surface area contributed by atoms with Crippen molar-refractivity contribution in [3.63, 3.8) is 0 Å². The molecule has 0 unspecified atom stereocenters. The Morgan fingerprint density at radius 1 is 1.41 bits per heavy atom. The fourth-order valence-corrected chi connectivity index (χ4v) is 5.81. The third-order valence-corrected chi connectivity index (χ3v) is 6.66. The van der Waals surface area contributed by atoms with Crippen molar-refractivity contribution in [2.24, 2.45) is 0 Å². The summed E-state index contributed by atoms with van der Waals surface area (Å²) in [5.74, 6) is -0.229. The summed E-state index contributed by atoms with van der Waals surface area (Å²) < 4.78 is 23.9. The van der Waals surface area contributed by atoms with Gasteiger partial charge >= 0.3 is 6.03 Å². The van der Waals surface area contributed by atoms with E-state index in [0.29, 0.717) is 5.69 Å². The first-order valence-electron chi connectivity index (χ1n) is 6.62. The molecule has 0 radical (unpaired) electrons. The molecule has 0 saturated carbocycles. The lowest BCUT2D eigenvalue weighted by molar-refractivity contribution is 0.249. The van der Waals surface area contributed by atoms with Gasteiger partial charge in [0.1, 0.15) is 0 Å². The van der Waals surface area contributed by atoms with Crippen LogP contribution in [0.2, 0.25) is 0 Å². The van der Waals surface area contributed by atoms with Crippen molar-refractivity contribution >= 4 is 54.7 Å². The van der Waals surface area contributed by atoms with Crippen LogP contribution in [0.4, 0.5) is 10.5 Å². The van der Waals surface area contributed by atoms with Gasteiger partial charge in [-0.2, -0.15) is 0 Å². The van der Waals surface area contributed by atoms with Gasteiger partial charge in [0.15, 0.2) is 9.84 Å². The number of thiazole rings is 1. The van der Waals surface area contributed by atoms with Crippen molar-refractivity contribution in [1.29, 1.82) is 0 Å². The number of aryl methyl sites for hydroxylation is 1. The van der Waals surface area contributed by atoms with E-state index in [-0.39, 0.29) is 11.5 Å². The van der Waals surface area contributed by atoms with Gasteiger partial charge in [0.05, 0.1) is 38.1 Å². The number of nitrogens with one attached hydrogen (secondary N) is 2. The molecule has 1 aromatic carbocycles. The Labute approximate surface area is 136 Å². The van der Waals surface area contributed by atoms with E-state index in [0.717, 1.165) is 15.2 Å². The maximum atomic E-state index is 12.0. The minimum absolute atomic E-state index is 0.106. The van der Waals surface area contributed by atoms with Crippen molar-refractivity contribution in [1.82, 2.24) is 10.3 Å². The van der Waals surface area contributed by atoms with Crippen LogP contribution in [-0.4, -0.2) is 42.4 Å². The Hall–Kier alpha value is -1.38. The SMILES string of the molecule is Cc1nc2ccc(NC(=O)N[C@@H]3CS(=O)(=O)C[C@@H]3Cl)cc2s1. The summed E-state index contributed by atoms with van der Waals surface area (Å²) in [5.41, 5.74) is 1.51. The number of aromatic nitrogens is 1. The Balaban J connectivity index is 1.68. The third kappa shape index (κ3) is 3.34. The summed E-state index contributed by atoms with van der Waals surface area (Å²) in [6, 6.07) is 4.39. The topological polar surface area (TPSA) is 88.2 Å². The number of sulfone groups is 1. The van der Waals surface area contributed by atoms with Gasteiger partial charge in [-0.3, -0.25) is 0 Å². The fourth-order valence-electron chi connectivity index (χ4n) is 2.39. The number of carbonyl (C=O) groups is 1. The largest absolute Gasteiger partial charge is 0.333 e. The molecule has 2 aromatic rings. The number of alkyl halides is 1. The summed E-state index contributed by atoms with van der Waals surface area (Å²) in [7, 11) is -3.17. The van der Waals surface area contributed by atoms with Crippen LogP contribution in [0.15, 0.2) is 18.2 Å². The van der Waals surface area contributed by atoms with Crippen LogP contribution in [-0.2, 0) is 9.84 Å². The number of halogens is 1. The predicted molar refractivity (Wildman–Crippen MR) is 88.6 cm³/mol. The average molecular weight is 360 g/mol. The Morgan fingerprint density at radius 2 is 2.18 bits per heavy atom. The lowest BCUT2D eigenvalue weighted by Gasteiger charge is -2.15. The van der Waals surface area contributed by atoms with Gasteiger partial charge in [0.25, 0.3) is 0 Å². The molecule has 6 nitrogen and oxygen atoms in total. The Morgan fingerprint density at radius 3 is 2.86 bits per heavy atom. The maximum absolute atomic E-state index is 12.0. The highest BCUT2D eigenvalue weighted by molar-refractivity contribution is 7.91. The van der Waals surface area contributed by atoms with Gasteiger partial charge < -0.3 is 10.6 Å². The molecule has 1 aliphatic rings. The van der Waals surface area contributed by atoms with Crippen LogP contribution in [0.1, 0.15) is 5.01 Å². The van der Waals surface area contributed by atoms with Crippen LogP contribution in [0.3, 0.4) is 0 Å². The van der Waals surface area contributed by atoms with Gasteiger partial charge in [-0.05, 0) is 25.1 Å². The van der Waals surface area contributed by atoms with Gasteiger partial charge in [0, 0.05) is 5.69 Å². The zero-order valence-corrected chi connectivity index (χ0v) is 14.1. The maximum Gasteiger partial charge on any atom is 0.319 e. The van der Waals surface area contributed by atoms with Crippen molar-refractivity contribution in [2.75, 3.05) is 16.8 Å². The number of anilines is 1. The standard InChI is InChI=1S/C13H14ClN3O3S2/c1-7-15-10-3-2-8(4-12(10)21-7)16-13(18)17-11-6-22(19,20)5-9(11)14/h2-4,9,11H,5-6H2,1H3,(H2,16,17,18)/t9-,11+/m0/s1. The molecule has 1 saturated heterocycles. The molecule has 9 heteroatoms. The molecule has 1 fully saturated rings. The summed E-state index contributed by atoms with van der Waals surface area (Å²) in [6.07, 6.45) is 0. The normalized spacial score (nSPS) is 23.5. The van der Waals surface area contributed by atoms with Crippen molar-refractivity contribution in [3.05, 3.63) is 23.2 Å². The molecule has 1 aliphatic heterocycles. The molecular formula is C13H14ClN3O3S2. The monoisotopic (exact) mass is 359 g/mol. The van der Waals surface area contributed by atoms with E-state index in [4.69, 9.17) is 11.6 Å². The third-order valence-electron chi connectivity index (χ3n) is 3.35. The fraction of sp³-hybridized carbons (Fsp3) is 0.385. The summed E-state index contributed by atoms with van der Waals surface area (Å²) in [5, 5.41) is 5.67. The van der Waals surface area contributed by atoms with Gasteiger partial charge in [0.2, 0.25) is 0 Å². The average Bonchev–Trinajstić information content (AvgIpc) is 2.87. The number of hydrogen-bond acceptors (Lipinski definition) is 5. The molecule has 118 valence electrons. The summed E-state index contributed by atoms with van der Waals surface area (Å²) in [6.45, 7) is 1.92. The summed E-state index contributed by atoms with van der Waals surface area (Å²) in [4.78, 5) is 16.3. The molecule has 0 aliphatic carbocycles. The molecule has 1 aromatic heterocycles. The number of fused-ring (bicyclic) bond motifs is 1. The Bertz CT molecular complexity index is 834. The van der Waals surface area contributed by atoms with Crippen molar-refractivity contribution in [2.45, 2.75) is 18.3 Å². The minimum atomic E-state index is -3.17. The smallest absolute Gasteiger partial charge is 0.319 e. The molecule has 22 heavy (non-hydrogen) atoms. The number of amides is 2. The first kappa shape index (κ1) is 15.5. The van der Waals surface area contributed by atoms with E-state index in [2.05, 4.69) is 15.6 Å². The molecule has 0 bridgehead atoms. The highest BCUT2D eigenvalue weighted by atomic mass is 35.5. The highest BCUT2D eigenvalue weighted by Crippen LogP contribution is 2.25. The number of benzene rings is 1. The second kappa shape index (κ2) is 5.68. The van der Waals surface area contributed by atoms with Gasteiger partial charge in [-0.25, -0.2) is 18.2 Å². The zero-order valence-electron chi connectivity index (χ0n) is 11.7. The number of urea groups is 1. The molecule has 2 amide bonds. The lowest BCUT2D eigenvalue weighted by Crippen LogP contribution is -2.42. The predicted octanol–water partition coefficient (Wildman–Crippen LogP) is 2.13. The van der Waals surface area contributed by atoms with E-state index in [1.54, 1.807) is 17.4 Å². The van der Waals surface area contributed by atoms with Crippen molar-refractivity contribution in [3.8, 4) is 0 Å². The van der Waals surface area contributed by atoms with E-state index < -0.39 is 27.3 Å². The number of hydrogen-bond donors (Lipinski definition) is 2. The number of rotatable bonds is 2. The molecule has 0 spiro atoms. The van der Waals surface area contributed by atoms with E-state index in [1.807, 2.05) is 19.1 Å². The van der Waals surface area contributed by atoms with Crippen LogP contribution >= 0.6 is 22.9 Å². The minimum Gasteiger partial charge on any atom is -0.333 e. The second-order valence-corrected chi connectivity index (χ2v) is 9.16. The number of nitrogens with zero attached hydrogens (tertiary/aromatic N) is 1. The molecule has 2 heterocycles. The zero-order chi connectivity index (χ0) is 15.9.